The minimum Gasteiger partial charge on any atom is -0.432 e. The fourth-order valence-electron chi connectivity index (χ4n) is 4.84. The van der Waals surface area contributed by atoms with Crippen molar-refractivity contribution in [3.05, 3.63) is 48.3 Å². The first-order valence-electron chi connectivity index (χ1n) is 12.3. The van der Waals surface area contributed by atoms with Crippen LogP contribution in [0.1, 0.15) is 31.7 Å². The molecule has 35 heavy (non-hydrogen) atoms. The second kappa shape index (κ2) is 12.1. The summed E-state index contributed by atoms with van der Waals surface area (Å²) in [6.45, 7) is 4.67. The molecule has 2 aromatic rings. The number of nitrogens with one attached hydrogen (secondary N) is 1. The molecule has 0 bridgehead atoms. The van der Waals surface area contributed by atoms with Crippen LogP contribution in [-0.4, -0.2) is 77.7 Å². The van der Waals surface area contributed by atoms with Crippen LogP contribution in [0.25, 0.3) is 0 Å². The van der Waals surface area contributed by atoms with Crippen molar-refractivity contribution >= 4 is 12.0 Å². The lowest BCUT2D eigenvalue weighted by Gasteiger charge is -2.39. The second-order valence-corrected chi connectivity index (χ2v) is 9.31. The molecule has 190 valence electrons. The largest absolute Gasteiger partial charge is 0.432 e. The highest BCUT2D eigenvalue weighted by atomic mass is 19.3. The van der Waals surface area contributed by atoms with Gasteiger partial charge in [0.1, 0.15) is 0 Å². The maximum Gasteiger partial charge on any atom is 0.387 e. The van der Waals surface area contributed by atoms with Crippen molar-refractivity contribution < 1.29 is 18.3 Å². The molecule has 2 aliphatic heterocycles. The Labute approximate surface area is 205 Å². The van der Waals surface area contributed by atoms with Crippen LogP contribution < -0.4 is 15.0 Å². The lowest BCUT2D eigenvalue weighted by molar-refractivity contribution is -0.0503. The standard InChI is InChI=1S/C25H34F2N6O2/c1-19-17-32(24-29-15-22(16-30-24)35-23(26)27)13-14-33(19)25(34)28-10-7-20-8-11-31(12-9-20)18-21-5-3-2-4-6-21/h2-6,15-16,19-20,23H,7-14,17-18H2,1H3,(H,28,34). The third-order valence-electron chi connectivity index (χ3n) is 6.80. The van der Waals surface area contributed by atoms with Crippen LogP contribution in [0.2, 0.25) is 0 Å². The maximum atomic E-state index is 12.8. The number of alkyl halides is 2. The zero-order valence-electron chi connectivity index (χ0n) is 20.2. The first-order chi connectivity index (χ1) is 17.0. The Hall–Kier alpha value is -3.01. The van der Waals surface area contributed by atoms with E-state index in [2.05, 4.69) is 49.2 Å². The Morgan fingerprint density at radius 1 is 1.11 bits per heavy atom. The monoisotopic (exact) mass is 488 g/mol. The minimum atomic E-state index is -2.90. The highest BCUT2D eigenvalue weighted by Crippen LogP contribution is 2.22. The molecule has 0 saturated carbocycles. The number of anilines is 1. The highest BCUT2D eigenvalue weighted by molar-refractivity contribution is 5.74. The van der Waals surface area contributed by atoms with Gasteiger partial charge in [-0.05, 0) is 50.8 Å². The molecule has 1 aromatic carbocycles. The van der Waals surface area contributed by atoms with E-state index in [4.69, 9.17) is 0 Å². The molecule has 2 aliphatic rings. The van der Waals surface area contributed by atoms with E-state index in [-0.39, 0.29) is 17.8 Å². The molecule has 3 heterocycles. The number of rotatable bonds is 8. The van der Waals surface area contributed by atoms with E-state index in [1.54, 1.807) is 0 Å². The number of piperazine rings is 1. The number of amides is 2. The van der Waals surface area contributed by atoms with Crippen LogP contribution >= 0.6 is 0 Å². The minimum absolute atomic E-state index is 0.0226. The predicted molar refractivity (Wildman–Crippen MR) is 130 cm³/mol. The van der Waals surface area contributed by atoms with E-state index in [9.17, 15) is 13.6 Å². The smallest absolute Gasteiger partial charge is 0.387 e. The van der Waals surface area contributed by atoms with E-state index >= 15 is 0 Å². The number of hydrogen-bond donors (Lipinski definition) is 1. The molecular formula is C25H34F2N6O2. The van der Waals surface area contributed by atoms with Gasteiger partial charge in [-0.3, -0.25) is 4.90 Å². The summed E-state index contributed by atoms with van der Waals surface area (Å²) in [6.07, 6.45) is 5.81. The van der Waals surface area contributed by atoms with E-state index in [0.717, 1.165) is 26.1 Å². The first-order valence-corrected chi connectivity index (χ1v) is 12.3. The van der Waals surface area contributed by atoms with Gasteiger partial charge in [0.2, 0.25) is 5.95 Å². The molecule has 1 unspecified atom stereocenters. The topological polar surface area (TPSA) is 73.8 Å². The summed E-state index contributed by atoms with van der Waals surface area (Å²) in [5.41, 5.74) is 1.36. The van der Waals surface area contributed by atoms with Crippen molar-refractivity contribution in [3.63, 3.8) is 0 Å². The van der Waals surface area contributed by atoms with Gasteiger partial charge >= 0.3 is 12.6 Å². The van der Waals surface area contributed by atoms with E-state index in [0.29, 0.717) is 38.0 Å². The number of aromatic nitrogens is 2. The summed E-state index contributed by atoms with van der Waals surface area (Å²) in [7, 11) is 0. The highest BCUT2D eigenvalue weighted by Gasteiger charge is 2.29. The Morgan fingerprint density at radius 3 is 2.49 bits per heavy atom. The first kappa shape index (κ1) is 25.1. The van der Waals surface area contributed by atoms with E-state index in [1.807, 2.05) is 22.8 Å². The molecule has 1 atom stereocenters. The number of carbonyl (C=O) groups is 1. The van der Waals surface area contributed by atoms with Crippen LogP contribution in [0.5, 0.6) is 5.75 Å². The molecule has 2 saturated heterocycles. The molecule has 2 fully saturated rings. The van der Waals surface area contributed by atoms with E-state index < -0.39 is 6.61 Å². The quantitative estimate of drug-likeness (QED) is 0.612. The van der Waals surface area contributed by atoms with Crippen molar-refractivity contribution in [1.29, 1.82) is 0 Å². The van der Waals surface area contributed by atoms with Crippen molar-refractivity contribution in [1.82, 2.24) is 25.1 Å². The molecule has 1 N–H and O–H groups in total. The van der Waals surface area contributed by atoms with Gasteiger partial charge in [0.15, 0.2) is 5.75 Å². The Morgan fingerprint density at radius 2 is 1.83 bits per heavy atom. The van der Waals surface area contributed by atoms with Crippen LogP contribution in [0.4, 0.5) is 19.5 Å². The van der Waals surface area contributed by atoms with Crippen LogP contribution in [-0.2, 0) is 6.54 Å². The SMILES string of the molecule is CC1CN(c2ncc(OC(F)F)cn2)CCN1C(=O)NCCC1CCN(Cc2ccccc2)CC1. The van der Waals surface area contributed by atoms with Gasteiger partial charge in [-0.15, -0.1) is 0 Å². The van der Waals surface area contributed by atoms with Crippen molar-refractivity contribution in [2.45, 2.75) is 45.4 Å². The molecule has 10 heteroatoms. The van der Waals surface area contributed by atoms with Gasteiger partial charge in [0.25, 0.3) is 0 Å². The lowest BCUT2D eigenvalue weighted by Crippen LogP contribution is -2.57. The molecule has 1 aromatic heterocycles. The number of benzene rings is 1. The van der Waals surface area contributed by atoms with Crippen molar-refractivity contribution in [2.75, 3.05) is 44.2 Å². The number of halogens is 2. The average molecular weight is 489 g/mol. The predicted octanol–water partition coefficient (Wildman–Crippen LogP) is 3.60. The Bertz CT molecular complexity index is 925. The number of ether oxygens (including phenoxy) is 1. The fourth-order valence-corrected chi connectivity index (χ4v) is 4.84. The normalized spacial score (nSPS) is 19.7. The number of piperidine rings is 1. The third kappa shape index (κ3) is 7.24. The van der Waals surface area contributed by atoms with Gasteiger partial charge < -0.3 is 19.9 Å². The molecule has 2 amide bonds. The number of hydrogen-bond acceptors (Lipinski definition) is 6. The van der Waals surface area contributed by atoms with Gasteiger partial charge in [0.05, 0.1) is 12.4 Å². The number of likely N-dealkylation sites (tertiary alicyclic amines) is 1. The molecule has 0 aliphatic carbocycles. The van der Waals surface area contributed by atoms with Crippen molar-refractivity contribution in [3.8, 4) is 5.75 Å². The van der Waals surface area contributed by atoms with Crippen LogP contribution in [0, 0.1) is 5.92 Å². The van der Waals surface area contributed by atoms with Gasteiger partial charge in [-0.2, -0.15) is 8.78 Å². The average Bonchev–Trinajstić information content (AvgIpc) is 2.86. The molecule has 4 rings (SSSR count). The van der Waals surface area contributed by atoms with Crippen LogP contribution in [0.15, 0.2) is 42.7 Å². The summed E-state index contributed by atoms with van der Waals surface area (Å²) in [4.78, 5) is 27.3. The Balaban J connectivity index is 1.15. The second-order valence-electron chi connectivity index (χ2n) is 9.31. The third-order valence-corrected chi connectivity index (χ3v) is 6.80. The summed E-state index contributed by atoms with van der Waals surface area (Å²) in [5.74, 6) is 1.01. The van der Waals surface area contributed by atoms with Gasteiger partial charge in [-0.1, -0.05) is 30.3 Å². The lowest BCUT2D eigenvalue weighted by atomic mass is 9.93. The summed E-state index contributed by atoms with van der Waals surface area (Å²) in [5, 5.41) is 3.10. The molecule has 0 radical (unpaired) electrons. The van der Waals surface area contributed by atoms with Crippen molar-refractivity contribution in [2.24, 2.45) is 5.92 Å². The zero-order chi connectivity index (χ0) is 24.6. The number of nitrogens with zero attached hydrogens (tertiary/aromatic N) is 5. The van der Waals surface area contributed by atoms with Crippen LogP contribution in [0.3, 0.4) is 0 Å². The molecule has 8 nitrogen and oxygen atoms in total. The summed E-state index contributed by atoms with van der Waals surface area (Å²) >= 11 is 0. The number of urea groups is 1. The van der Waals surface area contributed by atoms with E-state index in [1.165, 1.54) is 30.8 Å². The summed E-state index contributed by atoms with van der Waals surface area (Å²) < 4.78 is 28.9. The molecular weight excluding hydrogens is 454 g/mol. The van der Waals surface area contributed by atoms with Gasteiger partial charge in [0, 0.05) is 38.8 Å². The molecule has 0 spiro atoms. The Kier molecular flexibility index (Phi) is 8.68. The summed E-state index contributed by atoms with van der Waals surface area (Å²) in [6, 6.07) is 10.5. The van der Waals surface area contributed by atoms with Gasteiger partial charge in [-0.25, -0.2) is 14.8 Å². The maximum absolute atomic E-state index is 12.8. The zero-order valence-corrected chi connectivity index (χ0v) is 20.2. The fraction of sp³-hybridized carbons (Fsp3) is 0.560. The number of carbonyl (C=O) groups excluding carboxylic acids is 1.